The van der Waals surface area contributed by atoms with E-state index in [4.69, 9.17) is 16.3 Å². The summed E-state index contributed by atoms with van der Waals surface area (Å²) < 4.78 is 33.3. The summed E-state index contributed by atoms with van der Waals surface area (Å²) in [5.74, 6) is -0.156. The van der Waals surface area contributed by atoms with Crippen molar-refractivity contribution in [3.8, 4) is 5.75 Å². The number of amides is 1. The molecule has 2 aromatic carbocycles. The Morgan fingerprint density at radius 2 is 1.82 bits per heavy atom. The molecule has 0 fully saturated rings. The minimum Gasteiger partial charge on any atom is -0.495 e. The number of nitrogens with one attached hydrogen (secondary N) is 1. The first kappa shape index (κ1) is 22.2. The lowest BCUT2D eigenvalue weighted by Crippen LogP contribution is -2.40. The van der Waals surface area contributed by atoms with E-state index in [1.807, 2.05) is 18.2 Å². The van der Waals surface area contributed by atoms with E-state index in [1.165, 1.54) is 24.1 Å². The van der Waals surface area contributed by atoms with Gasteiger partial charge < -0.3 is 9.64 Å². The molecule has 2 aromatic rings. The Morgan fingerprint density at radius 3 is 2.39 bits per heavy atom. The van der Waals surface area contributed by atoms with Crippen LogP contribution < -0.4 is 9.46 Å². The van der Waals surface area contributed by atoms with Crippen LogP contribution in [0.25, 0.3) is 0 Å². The van der Waals surface area contributed by atoms with Crippen molar-refractivity contribution < 1.29 is 17.9 Å². The van der Waals surface area contributed by atoms with Gasteiger partial charge >= 0.3 is 0 Å². The van der Waals surface area contributed by atoms with Gasteiger partial charge in [0, 0.05) is 29.7 Å². The molecule has 0 aromatic heterocycles. The molecule has 0 saturated carbocycles. The number of methoxy groups -OCH3 is 1. The number of ether oxygens (including phenoxy) is 1. The van der Waals surface area contributed by atoms with E-state index in [0.29, 0.717) is 11.6 Å². The fourth-order valence-corrected chi connectivity index (χ4v) is 4.46. The third-order valence-electron chi connectivity index (χ3n) is 3.85. The predicted molar refractivity (Wildman–Crippen MR) is 110 cm³/mol. The van der Waals surface area contributed by atoms with Gasteiger partial charge in [-0.1, -0.05) is 29.8 Å². The van der Waals surface area contributed by atoms with Crippen LogP contribution in [0.5, 0.6) is 5.75 Å². The molecular weight excluding hydrogens is 400 g/mol. The monoisotopic (exact) mass is 424 g/mol. The van der Waals surface area contributed by atoms with Crippen LogP contribution in [0.4, 0.5) is 0 Å². The first-order chi connectivity index (χ1) is 12.9. The Morgan fingerprint density at radius 1 is 1.18 bits per heavy atom. The number of sulfonamides is 1. The van der Waals surface area contributed by atoms with Gasteiger partial charge in [0.05, 0.1) is 7.11 Å². The molecule has 6 nitrogen and oxygen atoms in total. The van der Waals surface area contributed by atoms with Crippen LogP contribution >= 0.6 is 11.6 Å². The van der Waals surface area contributed by atoms with Crippen LogP contribution in [0.1, 0.15) is 36.7 Å². The maximum absolute atomic E-state index is 12.9. The average Bonchev–Trinajstić information content (AvgIpc) is 2.60. The van der Waals surface area contributed by atoms with Crippen LogP contribution in [0.3, 0.4) is 0 Å². The molecule has 0 aliphatic heterocycles. The van der Waals surface area contributed by atoms with E-state index in [1.54, 1.807) is 40.0 Å². The van der Waals surface area contributed by atoms with Crippen molar-refractivity contribution in [3.05, 3.63) is 58.6 Å². The molecule has 152 valence electrons. The number of nitrogens with zero attached hydrogens (tertiary/aromatic N) is 1. The van der Waals surface area contributed by atoms with Crippen molar-refractivity contribution >= 4 is 27.5 Å². The van der Waals surface area contributed by atoms with Gasteiger partial charge in [-0.05, 0) is 50.6 Å². The van der Waals surface area contributed by atoms with Gasteiger partial charge in [-0.2, -0.15) is 0 Å². The number of hydrogen-bond donors (Lipinski definition) is 1. The molecule has 0 saturated heterocycles. The quantitative estimate of drug-likeness (QED) is 0.767. The highest BCUT2D eigenvalue weighted by molar-refractivity contribution is 7.89. The minimum absolute atomic E-state index is 0.0816. The molecule has 0 aliphatic carbocycles. The Kier molecular flexibility index (Phi) is 6.75. The summed E-state index contributed by atoms with van der Waals surface area (Å²) in [7, 11) is -0.853. The van der Waals surface area contributed by atoms with Gasteiger partial charge in [0.2, 0.25) is 10.0 Å². The first-order valence-corrected chi connectivity index (χ1v) is 10.5. The Balaban J connectivity index is 2.36. The summed E-state index contributed by atoms with van der Waals surface area (Å²) in [6.07, 6.45) is 0. The molecule has 0 atom stereocenters. The number of benzene rings is 2. The molecule has 2 rings (SSSR count). The largest absolute Gasteiger partial charge is 0.495 e. The van der Waals surface area contributed by atoms with Crippen molar-refractivity contribution in [1.29, 1.82) is 0 Å². The molecule has 0 radical (unpaired) electrons. The Bertz CT molecular complexity index is 968. The third-order valence-corrected chi connectivity index (χ3v) is 6.00. The molecule has 0 bridgehead atoms. The third kappa shape index (κ3) is 5.47. The van der Waals surface area contributed by atoms with Crippen molar-refractivity contribution in [2.24, 2.45) is 0 Å². The second kappa shape index (κ2) is 8.51. The van der Waals surface area contributed by atoms with Crippen LogP contribution in [0.2, 0.25) is 5.02 Å². The summed E-state index contributed by atoms with van der Waals surface area (Å²) >= 11 is 6.16. The van der Waals surface area contributed by atoms with E-state index in [9.17, 15) is 13.2 Å². The highest BCUT2D eigenvalue weighted by atomic mass is 35.5. The number of rotatable bonds is 6. The van der Waals surface area contributed by atoms with Gasteiger partial charge in [-0.25, -0.2) is 13.1 Å². The van der Waals surface area contributed by atoms with Gasteiger partial charge in [0.25, 0.3) is 5.91 Å². The van der Waals surface area contributed by atoms with Crippen molar-refractivity contribution in [1.82, 2.24) is 9.62 Å². The lowest BCUT2D eigenvalue weighted by molar-refractivity contribution is 0.0785. The van der Waals surface area contributed by atoms with Crippen LogP contribution in [-0.2, 0) is 16.6 Å². The summed E-state index contributed by atoms with van der Waals surface area (Å²) in [4.78, 5) is 14.3. The van der Waals surface area contributed by atoms with Gasteiger partial charge in [-0.3, -0.25) is 4.79 Å². The SMILES string of the molecule is COc1ccc(C(=O)N(C)Cc2ccccc2Cl)cc1S(=O)(=O)NC(C)(C)C. The summed E-state index contributed by atoms with van der Waals surface area (Å²) in [5.41, 5.74) is 0.366. The van der Waals surface area contributed by atoms with Crippen molar-refractivity contribution in [2.75, 3.05) is 14.2 Å². The molecule has 0 aliphatic rings. The normalized spacial score (nSPS) is 11.9. The lowest BCUT2D eigenvalue weighted by atomic mass is 10.1. The van der Waals surface area contributed by atoms with Gasteiger partial charge in [0.15, 0.2) is 0 Å². The van der Waals surface area contributed by atoms with Gasteiger partial charge in [0.1, 0.15) is 10.6 Å². The molecule has 0 heterocycles. The number of halogens is 1. The smallest absolute Gasteiger partial charge is 0.253 e. The van der Waals surface area contributed by atoms with Crippen LogP contribution in [0, 0.1) is 0 Å². The average molecular weight is 425 g/mol. The highest BCUT2D eigenvalue weighted by Crippen LogP contribution is 2.27. The van der Waals surface area contributed by atoms with E-state index < -0.39 is 15.6 Å². The lowest BCUT2D eigenvalue weighted by Gasteiger charge is -2.22. The van der Waals surface area contributed by atoms with E-state index >= 15 is 0 Å². The Labute approximate surface area is 171 Å². The standard InChI is InChI=1S/C20H25ClN2O4S/c1-20(2,3)22-28(25,26)18-12-14(10-11-17(18)27-5)19(24)23(4)13-15-8-6-7-9-16(15)21/h6-12,22H,13H2,1-5H3. The molecule has 0 unspecified atom stereocenters. The maximum Gasteiger partial charge on any atom is 0.253 e. The second-order valence-corrected chi connectivity index (χ2v) is 9.53. The summed E-state index contributed by atoms with van der Waals surface area (Å²) in [6, 6.07) is 11.6. The van der Waals surface area contributed by atoms with E-state index in [2.05, 4.69) is 4.72 Å². The fraction of sp³-hybridized carbons (Fsp3) is 0.350. The van der Waals surface area contributed by atoms with Crippen LogP contribution in [0.15, 0.2) is 47.4 Å². The molecule has 8 heteroatoms. The van der Waals surface area contributed by atoms with Crippen molar-refractivity contribution in [2.45, 2.75) is 37.8 Å². The second-order valence-electron chi connectivity index (χ2n) is 7.47. The van der Waals surface area contributed by atoms with E-state index in [0.717, 1.165) is 5.56 Å². The van der Waals surface area contributed by atoms with Gasteiger partial charge in [-0.15, -0.1) is 0 Å². The zero-order valence-corrected chi connectivity index (χ0v) is 18.2. The number of carbonyl (C=O) groups excluding carboxylic acids is 1. The molecule has 0 spiro atoms. The minimum atomic E-state index is -3.87. The molecule has 1 amide bonds. The molecule has 28 heavy (non-hydrogen) atoms. The summed E-state index contributed by atoms with van der Waals surface area (Å²) in [6.45, 7) is 5.52. The zero-order chi connectivity index (χ0) is 21.1. The summed E-state index contributed by atoms with van der Waals surface area (Å²) in [5, 5.41) is 0.564. The highest BCUT2D eigenvalue weighted by Gasteiger charge is 2.27. The predicted octanol–water partition coefficient (Wildman–Crippen LogP) is 3.70. The zero-order valence-electron chi connectivity index (χ0n) is 16.6. The first-order valence-electron chi connectivity index (χ1n) is 8.65. The number of carbonyl (C=O) groups is 1. The van der Waals surface area contributed by atoms with Crippen molar-refractivity contribution in [3.63, 3.8) is 0 Å². The van der Waals surface area contributed by atoms with E-state index in [-0.39, 0.29) is 22.1 Å². The molecule has 1 N–H and O–H groups in total. The Hall–Kier alpha value is -2.09. The fourth-order valence-electron chi connectivity index (χ4n) is 2.65. The number of hydrogen-bond acceptors (Lipinski definition) is 4. The molecular formula is C20H25ClN2O4S. The van der Waals surface area contributed by atoms with Crippen LogP contribution in [-0.4, -0.2) is 38.9 Å². The maximum atomic E-state index is 12.9. The topological polar surface area (TPSA) is 75.7 Å².